The van der Waals surface area contributed by atoms with E-state index in [1.165, 1.54) is 35.2 Å². The predicted molar refractivity (Wildman–Crippen MR) is 129 cm³/mol. The number of rotatable bonds is 9. The lowest BCUT2D eigenvalue weighted by atomic mass is 9.94. The molecule has 0 aliphatic carbocycles. The van der Waals surface area contributed by atoms with Gasteiger partial charge in [-0.15, -0.1) is 0 Å². The smallest absolute Gasteiger partial charge is 0.0682 e. The molecule has 1 N–H and O–H groups in total. The molecule has 0 amide bonds. The molecule has 30 heavy (non-hydrogen) atoms. The monoisotopic (exact) mass is 401 g/mol. The molecule has 0 heterocycles. The standard InChI is InChI=1S/C28H35NO/c1-5-24(6-2)25-13-15-28(16-14-25)29(21(3)4)19-22-9-7-11-26(17-22)27-12-8-10-23(18-27)20-30/h7-18,21,24,30H,5-6,19-20H2,1-4H3. The largest absolute Gasteiger partial charge is 0.392 e. The maximum absolute atomic E-state index is 9.45. The van der Waals surface area contributed by atoms with E-state index in [9.17, 15) is 5.11 Å². The molecular weight excluding hydrogens is 366 g/mol. The highest BCUT2D eigenvalue weighted by Gasteiger charge is 2.13. The molecule has 0 saturated carbocycles. The van der Waals surface area contributed by atoms with Gasteiger partial charge in [0.1, 0.15) is 0 Å². The normalized spacial score (nSPS) is 11.3. The van der Waals surface area contributed by atoms with Crippen molar-refractivity contribution in [1.82, 2.24) is 0 Å². The van der Waals surface area contributed by atoms with Crippen molar-refractivity contribution in [1.29, 1.82) is 0 Å². The van der Waals surface area contributed by atoms with Crippen LogP contribution in [-0.4, -0.2) is 11.1 Å². The Morgan fingerprint density at radius 1 is 0.767 bits per heavy atom. The zero-order valence-electron chi connectivity index (χ0n) is 18.8. The molecule has 0 saturated heterocycles. The molecule has 158 valence electrons. The van der Waals surface area contributed by atoms with E-state index >= 15 is 0 Å². The fourth-order valence-electron chi connectivity index (χ4n) is 4.17. The maximum Gasteiger partial charge on any atom is 0.0682 e. The third-order valence-corrected chi connectivity index (χ3v) is 6.03. The van der Waals surface area contributed by atoms with E-state index in [2.05, 4.69) is 93.3 Å². The van der Waals surface area contributed by atoms with Gasteiger partial charge in [0.05, 0.1) is 6.61 Å². The summed E-state index contributed by atoms with van der Waals surface area (Å²) < 4.78 is 0. The Hall–Kier alpha value is -2.58. The summed E-state index contributed by atoms with van der Waals surface area (Å²) in [5.41, 5.74) is 7.29. The Labute approximate surface area is 182 Å². The summed E-state index contributed by atoms with van der Waals surface area (Å²) in [6.45, 7) is 9.99. The summed E-state index contributed by atoms with van der Waals surface area (Å²) in [5.74, 6) is 0.651. The molecule has 3 rings (SSSR count). The molecule has 0 aliphatic rings. The van der Waals surface area contributed by atoms with Crippen LogP contribution in [-0.2, 0) is 13.2 Å². The van der Waals surface area contributed by atoms with Gasteiger partial charge in [-0.05, 0) is 84.7 Å². The second-order valence-corrected chi connectivity index (χ2v) is 8.39. The highest BCUT2D eigenvalue weighted by molar-refractivity contribution is 5.65. The molecule has 0 fully saturated rings. The lowest BCUT2D eigenvalue weighted by Crippen LogP contribution is -2.30. The van der Waals surface area contributed by atoms with Crippen LogP contribution in [0.5, 0.6) is 0 Å². The van der Waals surface area contributed by atoms with Crippen molar-refractivity contribution >= 4 is 5.69 Å². The Morgan fingerprint density at radius 3 is 1.87 bits per heavy atom. The Balaban J connectivity index is 1.83. The van der Waals surface area contributed by atoms with Crippen molar-refractivity contribution in [3.8, 4) is 11.1 Å². The van der Waals surface area contributed by atoms with E-state index in [0.29, 0.717) is 12.0 Å². The first-order valence-electron chi connectivity index (χ1n) is 11.2. The minimum absolute atomic E-state index is 0.0710. The van der Waals surface area contributed by atoms with Crippen molar-refractivity contribution in [3.05, 3.63) is 89.5 Å². The van der Waals surface area contributed by atoms with Gasteiger partial charge in [-0.25, -0.2) is 0 Å². The van der Waals surface area contributed by atoms with Crippen LogP contribution in [0, 0.1) is 0 Å². The van der Waals surface area contributed by atoms with Crippen LogP contribution in [0.25, 0.3) is 11.1 Å². The molecule has 0 aliphatic heterocycles. The molecule has 3 aromatic rings. The highest BCUT2D eigenvalue weighted by atomic mass is 16.3. The topological polar surface area (TPSA) is 23.5 Å². The van der Waals surface area contributed by atoms with Gasteiger partial charge in [-0.1, -0.05) is 62.4 Å². The fraction of sp³-hybridized carbons (Fsp3) is 0.357. The molecule has 0 bridgehead atoms. The summed E-state index contributed by atoms with van der Waals surface area (Å²) in [4.78, 5) is 2.46. The first-order valence-corrected chi connectivity index (χ1v) is 11.2. The number of aliphatic hydroxyl groups is 1. The first kappa shape index (κ1) is 22.1. The van der Waals surface area contributed by atoms with Crippen LogP contribution < -0.4 is 4.90 Å². The summed E-state index contributed by atoms with van der Waals surface area (Å²) >= 11 is 0. The summed E-state index contributed by atoms with van der Waals surface area (Å²) in [6, 6.07) is 26.5. The third-order valence-electron chi connectivity index (χ3n) is 6.03. The van der Waals surface area contributed by atoms with E-state index in [0.717, 1.165) is 17.7 Å². The van der Waals surface area contributed by atoms with Gasteiger partial charge >= 0.3 is 0 Å². The van der Waals surface area contributed by atoms with E-state index in [-0.39, 0.29) is 6.61 Å². The van der Waals surface area contributed by atoms with Crippen LogP contribution in [0.15, 0.2) is 72.8 Å². The van der Waals surface area contributed by atoms with Gasteiger partial charge in [0.15, 0.2) is 0 Å². The minimum Gasteiger partial charge on any atom is -0.392 e. The fourth-order valence-corrected chi connectivity index (χ4v) is 4.17. The molecule has 2 nitrogen and oxygen atoms in total. The predicted octanol–water partition coefficient (Wildman–Crippen LogP) is 7.16. The molecular formula is C28H35NO. The quantitative estimate of drug-likeness (QED) is 0.411. The average Bonchev–Trinajstić information content (AvgIpc) is 2.79. The number of aliphatic hydroxyl groups excluding tert-OH is 1. The van der Waals surface area contributed by atoms with Crippen molar-refractivity contribution in [3.63, 3.8) is 0 Å². The Kier molecular flexibility index (Phi) is 7.70. The zero-order valence-corrected chi connectivity index (χ0v) is 18.8. The van der Waals surface area contributed by atoms with E-state index in [4.69, 9.17) is 0 Å². The second kappa shape index (κ2) is 10.4. The van der Waals surface area contributed by atoms with Gasteiger partial charge in [0.25, 0.3) is 0 Å². The van der Waals surface area contributed by atoms with Crippen molar-refractivity contribution in [2.45, 2.75) is 65.6 Å². The minimum atomic E-state index is 0.0710. The van der Waals surface area contributed by atoms with Crippen molar-refractivity contribution in [2.24, 2.45) is 0 Å². The van der Waals surface area contributed by atoms with E-state index in [1.807, 2.05) is 12.1 Å². The van der Waals surface area contributed by atoms with Crippen LogP contribution >= 0.6 is 0 Å². The lowest BCUT2D eigenvalue weighted by Gasteiger charge is -2.30. The lowest BCUT2D eigenvalue weighted by molar-refractivity contribution is 0.282. The highest BCUT2D eigenvalue weighted by Crippen LogP contribution is 2.28. The molecule has 0 atom stereocenters. The summed E-state index contributed by atoms with van der Waals surface area (Å²) in [7, 11) is 0. The third kappa shape index (κ3) is 5.31. The van der Waals surface area contributed by atoms with Gasteiger partial charge in [0.2, 0.25) is 0 Å². The van der Waals surface area contributed by atoms with Crippen molar-refractivity contribution in [2.75, 3.05) is 4.90 Å². The maximum atomic E-state index is 9.45. The Bertz CT molecular complexity index is 925. The molecule has 0 radical (unpaired) electrons. The van der Waals surface area contributed by atoms with Crippen LogP contribution in [0.4, 0.5) is 5.69 Å². The SMILES string of the molecule is CCC(CC)c1ccc(N(Cc2cccc(-c3cccc(CO)c3)c2)C(C)C)cc1. The molecule has 0 aromatic heterocycles. The number of hydrogen-bond acceptors (Lipinski definition) is 2. The van der Waals surface area contributed by atoms with Gasteiger partial charge in [0, 0.05) is 18.3 Å². The van der Waals surface area contributed by atoms with Crippen LogP contribution in [0.3, 0.4) is 0 Å². The average molecular weight is 402 g/mol. The second-order valence-electron chi connectivity index (χ2n) is 8.39. The Morgan fingerprint density at radius 2 is 1.33 bits per heavy atom. The number of nitrogens with zero attached hydrogens (tertiary/aromatic N) is 1. The van der Waals surface area contributed by atoms with Gasteiger partial charge < -0.3 is 10.0 Å². The van der Waals surface area contributed by atoms with Crippen LogP contribution in [0.1, 0.15) is 63.1 Å². The van der Waals surface area contributed by atoms with E-state index < -0.39 is 0 Å². The molecule has 3 aromatic carbocycles. The van der Waals surface area contributed by atoms with E-state index in [1.54, 1.807) is 0 Å². The van der Waals surface area contributed by atoms with Gasteiger partial charge in [-0.3, -0.25) is 0 Å². The summed E-state index contributed by atoms with van der Waals surface area (Å²) in [5, 5.41) is 9.45. The molecule has 0 unspecified atom stereocenters. The first-order chi connectivity index (χ1) is 14.5. The number of benzene rings is 3. The molecule has 0 spiro atoms. The summed E-state index contributed by atoms with van der Waals surface area (Å²) in [6.07, 6.45) is 2.38. The number of hydrogen-bond donors (Lipinski definition) is 1. The van der Waals surface area contributed by atoms with Gasteiger partial charge in [-0.2, -0.15) is 0 Å². The van der Waals surface area contributed by atoms with Crippen molar-refractivity contribution < 1.29 is 5.11 Å². The molecule has 2 heteroatoms. The zero-order chi connectivity index (χ0) is 21.5. The number of anilines is 1. The van der Waals surface area contributed by atoms with Crippen LogP contribution in [0.2, 0.25) is 0 Å².